The number of rotatable bonds is 6. The van der Waals surface area contributed by atoms with E-state index in [1.54, 1.807) is 6.07 Å². The van der Waals surface area contributed by atoms with E-state index in [1.807, 2.05) is 51.2 Å². The minimum atomic E-state index is -3.49. The van der Waals surface area contributed by atoms with Crippen molar-refractivity contribution in [1.29, 1.82) is 0 Å². The van der Waals surface area contributed by atoms with Crippen LogP contribution in [0.4, 0.5) is 0 Å². The Bertz CT molecular complexity index is 694. The van der Waals surface area contributed by atoms with Gasteiger partial charge < -0.3 is 5.32 Å². The molecular formula is C15H20N2O2S2. The summed E-state index contributed by atoms with van der Waals surface area (Å²) in [5, 5.41) is 3.05. The third-order valence-electron chi connectivity index (χ3n) is 3.23. The summed E-state index contributed by atoms with van der Waals surface area (Å²) in [6.07, 6.45) is 0. The fraction of sp³-hybridized carbons (Fsp3) is 0.333. The summed E-state index contributed by atoms with van der Waals surface area (Å²) >= 11 is 1.32. The smallest absolute Gasteiger partial charge is 0.250 e. The fourth-order valence-corrected chi connectivity index (χ4v) is 4.91. The zero-order valence-electron chi connectivity index (χ0n) is 12.4. The van der Waals surface area contributed by atoms with E-state index in [9.17, 15) is 8.42 Å². The summed E-state index contributed by atoms with van der Waals surface area (Å²) in [7, 11) is -1.64. The molecule has 1 unspecified atom stereocenters. The van der Waals surface area contributed by atoms with Crippen LogP contribution in [0, 0.1) is 6.92 Å². The molecule has 21 heavy (non-hydrogen) atoms. The lowest BCUT2D eigenvalue weighted by molar-refractivity contribution is 0.569. The van der Waals surface area contributed by atoms with Crippen LogP contribution in [0.1, 0.15) is 29.0 Å². The zero-order valence-corrected chi connectivity index (χ0v) is 14.0. The Kier molecular flexibility index (Phi) is 5.16. The summed E-state index contributed by atoms with van der Waals surface area (Å²) in [5.74, 6) is 0. The van der Waals surface area contributed by atoms with Crippen molar-refractivity contribution in [2.45, 2.75) is 30.6 Å². The van der Waals surface area contributed by atoms with Gasteiger partial charge in [0.05, 0.1) is 0 Å². The molecule has 114 valence electrons. The molecule has 0 saturated carbocycles. The molecule has 6 heteroatoms. The van der Waals surface area contributed by atoms with Gasteiger partial charge in [0.15, 0.2) is 0 Å². The third-order valence-corrected chi connectivity index (χ3v) is 6.48. The number of thiophene rings is 1. The number of sulfonamides is 1. The predicted molar refractivity (Wildman–Crippen MR) is 87.0 cm³/mol. The van der Waals surface area contributed by atoms with Crippen LogP contribution in [0.2, 0.25) is 0 Å². The molecule has 2 aromatic rings. The second kappa shape index (κ2) is 6.70. The van der Waals surface area contributed by atoms with E-state index in [4.69, 9.17) is 0 Å². The summed E-state index contributed by atoms with van der Waals surface area (Å²) < 4.78 is 28.0. The van der Waals surface area contributed by atoms with E-state index >= 15 is 0 Å². The highest BCUT2D eigenvalue weighted by Gasteiger charge is 2.21. The second-order valence-electron chi connectivity index (χ2n) is 4.96. The van der Waals surface area contributed by atoms with Crippen molar-refractivity contribution in [1.82, 2.24) is 10.0 Å². The maximum absolute atomic E-state index is 12.5. The molecule has 0 saturated heterocycles. The Labute approximate surface area is 130 Å². The lowest BCUT2D eigenvalue weighted by atomic mass is 10.1. The molecule has 1 heterocycles. The number of benzene rings is 1. The molecule has 4 nitrogen and oxygen atoms in total. The predicted octanol–water partition coefficient (Wildman–Crippen LogP) is 2.82. The molecule has 0 aliphatic heterocycles. The third kappa shape index (κ3) is 3.91. The standard InChI is InChI=1S/C15H20N2O2S2/c1-11-9-15(20-14(11)10-16-3)21(18,19)17-12(2)13-7-5-4-6-8-13/h4-9,12,16-17H,10H2,1-3H3. The summed E-state index contributed by atoms with van der Waals surface area (Å²) in [6.45, 7) is 4.46. The average Bonchev–Trinajstić information content (AvgIpc) is 2.82. The van der Waals surface area contributed by atoms with Crippen molar-refractivity contribution < 1.29 is 8.42 Å². The van der Waals surface area contributed by atoms with Gasteiger partial charge in [-0.1, -0.05) is 30.3 Å². The van der Waals surface area contributed by atoms with Gasteiger partial charge in [0.2, 0.25) is 0 Å². The lowest BCUT2D eigenvalue weighted by Gasteiger charge is -2.13. The molecule has 1 atom stereocenters. The van der Waals surface area contributed by atoms with Crippen LogP contribution < -0.4 is 10.0 Å². The van der Waals surface area contributed by atoms with Gasteiger partial charge >= 0.3 is 0 Å². The van der Waals surface area contributed by atoms with Crippen molar-refractivity contribution in [3.63, 3.8) is 0 Å². The van der Waals surface area contributed by atoms with Crippen molar-refractivity contribution in [2.24, 2.45) is 0 Å². The highest BCUT2D eigenvalue weighted by molar-refractivity contribution is 7.91. The van der Waals surface area contributed by atoms with Gasteiger partial charge in [0.25, 0.3) is 10.0 Å². The second-order valence-corrected chi connectivity index (χ2v) is 8.03. The van der Waals surface area contributed by atoms with Crippen LogP contribution in [0.25, 0.3) is 0 Å². The van der Waals surface area contributed by atoms with Crippen LogP contribution in [0.3, 0.4) is 0 Å². The average molecular weight is 324 g/mol. The first-order valence-electron chi connectivity index (χ1n) is 6.75. The lowest BCUT2D eigenvalue weighted by Crippen LogP contribution is -2.26. The summed E-state index contributed by atoms with van der Waals surface area (Å²) in [4.78, 5) is 1.05. The Morgan fingerprint density at radius 3 is 2.52 bits per heavy atom. The van der Waals surface area contributed by atoms with Crippen molar-refractivity contribution in [2.75, 3.05) is 7.05 Å². The molecule has 0 radical (unpaired) electrons. The Morgan fingerprint density at radius 1 is 1.24 bits per heavy atom. The van der Waals surface area contributed by atoms with Crippen LogP contribution in [-0.4, -0.2) is 15.5 Å². The molecule has 0 amide bonds. The number of hydrogen-bond acceptors (Lipinski definition) is 4. The van der Waals surface area contributed by atoms with Gasteiger partial charge in [0, 0.05) is 17.5 Å². The topological polar surface area (TPSA) is 58.2 Å². The van der Waals surface area contributed by atoms with Crippen molar-refractivity contribution in [3.8, 4) is 0 Å². The number of hydrogen-bond donors (Lipinski definition) is 2. The van der Waals surface area contributed by atoms with Gasteiger partial charge in [-0.2, -0.15) is 0 Å². The van der Waals surface area contributed by atoms with Crippen LogP contribution >= 0.6 is 11.3 Å². The molecule has 2 rings (SSSR count). The van der Waals surface area contributed by atoms with Crippen LogP contribution in [0.5, 0.6) is 0 Å². The van der Waals surface area contributed by atoms with Crippen molar-refractivity contribution >= 4 is 21.4 Å². The maximum atomic E-state index is 12.5. The monoisotopic (exact) mass is 324 g/mol. The quantitative estimate of drug-likeness (QED) is 0.859. The molecule has 0 bridgehead atoms. The van der Waals surface area contributed by atoms with Gasteiger partial charge in [-0.25, -0.2) is 13.1 Å². The van der Waals surface area contributed by atoms with Gasteiger partial charge in [0.1, 0.15) is 4.21 Å². The van der Waals surface area contributed by atoms with E-state index in [1.165, 1.54) is 11.3 Å². The normalized spacial score (nSPS) is 13.3. The molecule has 0 fully saturated rings. The minimum absolute atomic E-state index is 0.258. The minimum Gasteiger partial charge on any atom is -0.315 e. The Morgan fingerprint density at radius 2 is 1.90 bits per heavy atom. The SMILES string of the molecule is CNCc1sc(S(=O)(=O)NC(C)c2ccccc2)cc1C. The fourth-order valence-electron chi connectivity index (χ4n) is 2.06. The van der Waals surface area contributed by atoms with Gasteiger partial charge in [-0.3, -0.25) is 0 Å². The maximum Gasteiger partial charge on any atom is 0.250 e. The van der Waals surface area contributed by atoms with Crippen LogP contribution in [-0.2, 0) is 16.6 Å². The van der Waals surface area contributed by atoms with E-state index in [2.05, 4.69) is 10.0 Å². The molecule has 1 aromatic heterocycles. The molecule has 0 aliphatic carbocycles. The highest BCUT2D eigenvalue weighted by Crippen LogP contribution is 2.27. The van der Waals surface area contributed by atoms with E-state index in [0.717, 1.165) is 16.0 Å². The van der Waals surface area contributed by atoms with Crippen LogP contribution in [0.15, 0.2) is 40.6 Å². The largest absolute Gasteiger partial charge is 0.315 e. The first kappa shape index (κ1) is 16.2. The first-order valence-corrected chi connectivity index (χ1v) is 9.05. The molecule has 1 aromatic carbocycles. The number of nitrogens with one attached hydrogen (secondary N) is 2. The highest BCUT2D eigenvalue weighted by atomic mass is 32.2. The Balaban J connectivity index is 2.20. The number of aryl methyl sites for hydroxylation is 1. The summed E-state index contributed by atoms with van der Waals surface area (Å²) in [6, 6.07) is 11.0. The Hall–Kier alpha value is -1.21. The first-order chi connectivity index (χ1) is 9.94. The van der Waals surface area contributed by atoms with E-state index < -0.39 is 10.0 Å². The van der Waals surface area contributed by atoms with Gasteiger partial charge in [-0.05, 0) is 38.1 Å². The molecule has 0 spiro atoms. The van der Waals surface area contributed by atoms with E-state index in [0.29, 0.717) is 10.8 Å². The van der Waals surface area contributed by atoms with Gasteiger partial charge in [-0.15, -0.1) is 11.3 Å². The van der Waals surface area contributed by atoms with E-state index in [-0.39, 0.29) is 6.04 Å². The van der Waals surface area contributed by atoms with Crippen molar-refractivity contribution in [3.05, 3.63) is 52.4 Å². The molecular weight excluding hydrogens is 304 g/mol. The molecule has 0 aliphatic rings. The zero-order chi connectivity index (χ0) is 15.5. The summed E-state index contributed by atoms with van der Waals surface area (Å²) in [5.41, 5.74) is 1.95. The molecule has 2 N–H and O–H groups in total.